The average molecular weight is 727 g/mol. The fourth-order valence-corrected chi connectivity index (χ4v) is 8.28. The molecule has 5 atom stereocenters. The molecule has 4 aliphatic rings. The molecule has 51 heavy (non-hydrogen) atoms. The molecule has 6 rings (SSSR count). The molecular weight excluding hydrogens is 680 g/mol. The Hall–Kier alpha value is -4.40. The number of rotatable bonds is 8. The standard InChI is InChI=1S/C36H46N4O10S/c1-3-48-30-19-28(25-15-11-17-29(31(25)38-30)51(2,46)47)49-24-18-27-32(41)39-36(34(43)44)20-22(36)12-7-5-4-6-8-16-26(33(42)40(27)21-24)37-35(45)50-23-13-9-10-14-23/h7,11-12,15,17,19,22-24,26-27H,3-6,8-10,13-14,16,18,20-21H2,1-2H3,(H,37,45)(H,39,41)(H,43,44)/b12-7-/t22-,24-,26+,27+,36-/m1/s1. The number of para-hydroxylation sites is 1. The number of sulfone groups is 1. The third-order valence-electron chi connectivity index (χ3n) is 10.2. The number of benzene rings is 1. The predicted octanol–water partition coefficient (Wildman–Crippen LogP) is 3.90. The van der Waals surface area contributed by atoms with Gasteiger partial charge >= 0.3 is 12.1 Å². The molecule has 0 unspecified atom stereocenters. The first-order valence-corrected chi connectivity index (χ1v) is 19.7. The summed E-state index contributed by atoms with van der Waals surface area (Å²) in [4.78, 5) is 59.7. The number of fused-ring (bicyclic) bond motifs is 3. The normalized spacial score (nSPS) is 28.1. The molecule has 14 nitrogen and oxygen atoms in total. The Morgan fingerprint density at radius 1 is 1.10 bits per heavy atom. The minimum absolute atomic E-state index is 0.00652. The summed E-state index contributed by atoms with van der Waals surface area (Å²) in [6, 6.07) is 4.13. The molecule has 2 aliphatic carbocycles. The number of carbonyl (C=O) groups excluding carboxylic acids is 3. The second-order valence-electron chi connectivity index (χ2n) is 13.9. The van der Waals surface area contributed by atoms with Crippen molar-refractivity contribution in [2.75, 3.05) is 19.4 Å². The smallest absolute Gasteiger partial charge is 0.408 e. The number of carboxylic acids is 1. The zero-order valence-electron chi connectivity index (χ0n) is 29.0. The minimum Gasteiger partial charge on any atom is -0.488 e. The first-order chi connectivity index (χ1) is 24.4. The highest BCUT2D eigenvalue weighted by molar-refractivity contribution is 7.91. The van der Waals surface area contributed by atoms with E-state index >= 15 is 0 Å². The molecule has 1 saturated heterocycles. The van der Waals surface area contributed by atoms with Gasteiger partial charge in [-0.3, -0.25) is 9.59 Å². The maximum atomic E-state index is 14.4. The minimum atomic E-state index is -3.68. The molecule has 1 aromatic heterocycles. The summed E-state index contributed by atoms with van der Waals surface area (Å²) in [5.74, 6) is -2.28. The van der Waals surface area contributed by atoms with Crippen molar-refractivity contribution < 1.29 is 46.9 Å². The van der Waals surface area contributed by atoms with Crippen LogP contribution in [0.15, 0.2) is 41.3 Å². The van der Waals surface area contributed by atoms with E-state index in [1.165, 1.54) is 11.0 Å². The van der Waals surface area contributed by atoms with Gasteiger partial charge in [0.2, 0.25) is 17.7 Å². The van der Waals surface area contributed by atoms with Crippen LogP contribution in [0.5, 0.6) is 11.6 Å². The molecule has 0 spiro atoms. The highest BCUT2D eigenvalue weighted by Crippen LogP contribution is 2.45. The molecule has 0 bridgehead atoms. The van der Waals surface area contributed by atoms with Crippen LogP contribution in [0.4, 0.5) is 4.79 Å². The Morgan fingerprint density at radius 3 is 2.59 bits per heavy atom. The van der Waals surface area contributed by atoms with Crippen molar-refractivity contribution in [1.29, 1.82) is 0 Å². The van der Waals surface area contributed by atoms with Gasteiger partial charge in [-0.1, -0.05) is 31.1 Å². The number of alkyl carbamates (subject to hydrolysis) is 1. The number of carbonyl (C=O) groups is 4. The molecular formula is C36H46N4O10S. The van der Waals surface area contributed by atoms with Crippen LogP contribution >= 0.6 is 0 Å². The second kappa shape index (κ2) is 15.1. The van der Waals surface area contributed by atoms with Gasteiger partial charge in [0.15, 0.2) is 9.84 Å². The van der Waals surface area contributed by atoms with Crippen LogP contribution < -0.4 is 20.1 Å². The Morgan fingerprint density at radius 2 is 1.86 bits per heavy atom. The fraction of sp³-hybridized carbons (Fsp3) is 0.583. The van der Waals surface area contributed by atoms with Crippen molar-refractivity contribution in [2.24, 2.45) is 5.92 Å². The van der Waals surface area contributed by atoms with E-state index in [0.29, 0.717) is 18.2 Å². The Bertz CT molecular complexity index is 1810. The highest BCUT2D eigenvalue weighted by Gasteiger charge is 2.61. The molecule has 2 saturated carbocycles. The third kappa shape index (κ3) is 8.08. The molecule has 2 aromatic rings. The lowest BCUT2D eigenvalue weighted by molar-refractivity contribution is -0.145. The number of nitrogens with one attached hydrogen (secondary N) is 2. The monoisotopic (exact) mass is 726 g/mol. The molecule has 15 heteroatoms. The predicted molar refractivity (Wildman–Crippen MR) is 185 cm³/mol. The number of pyridine rings is 1. The lowest BCUT2D eigenvalue weighted by Crippen LogP contribution is -2.56. The summed E-state index contributed by atoms with van der Waals surface area (Å²) in [5.41, 5.74) is -1.33. The number of hydrogen-bond donors (Lipinski definition) is 3. The Kier molecular flexibility index (Phi) is 10.7. The van der Waals surface area contributed by atoms with Crippen LogP contribution in [0, 0.1) is 5.92 Å². The fourth-order valence-electron chi connectivity index (χ4n) is 7.45. The van der Waals surface area contributed by atoms with Gasteiger partial charge in [-0.05, 0) is 70.4 Å². The van der Waals surface area contributed by atoms with Gasteiger partial charge in [-0.2, -0.15) is 0 Å². The molecule has 2 aliphatic heterocycles. The van der Waals surface area contributed by atoms with Crippen molar-refractivity contribution in [1.82, 2.24) is 20.5 Å². The number of aromatic nitrogens is 1. The topological polar surface area (TPSA) is 191 Å². The van der Waals surface area contributed by atoms with E-state index < -0.39 is 57.4 Å². The first kappa shape index (κ1) is 36.4. The number of aliphatic carboxylic acids is 1. The first-order valence-electron chi connectivity index (χ1n) is 17.8. The molecule has 0 radical (unpaired) electrons. The Labute approximate surface area is 297 Å². The molecule has 276 valence electrons. The van der Waals surface area contributed by atoms with Gasteiger partial charge < -0.3 is 34.9 Å². The zero-order chi connectivity index (χ0) is 36.3. The number of allylic oxidation sites excluding steroid dienone is 1. The average Bonchev–Trinajstić information content (AvgIpc) is 3.35. The summed E-state index contributed by atoms with van der Waals surface area (Å²) in [5, 5.41) is 16.1. The molecule has 1 aromatic carbocycles. The largest absolute Gasteiger partial charge is 0.488 e. The van der Waals surface area contributed by atoms with Gasteiger partial charge in [0.1, 0.15) is 35.6 Å². The lowest BCUT2D eigenvalue weighted by Gasteiger charge is -2.29. The number of ether oxygens (including phenoxy) is 3. The third-order valence-corrected chi connectivity index (χ3v) is 11.3. The van der Waals surface area contributed by atoms with Crippen molar-refractivity contribution in [2.45, 2.75) is 112 Å². The van der Waals surface area contributed by atoms with Crippen LogP contribution in [0.3, 0.4) is 0 Å². The van der Waals surface area contributed by atoms with Crippen molar-refractivity contribution >= 4 is 44.6 Å². The van der Waals surface area contributed by atoms with E-state index in [1.807, 2.05) is 12.2 Å². The van der Waals surface area contributed by atoms with E-state index in [-0.39, 0.29) is 60.1 Å². The molecule has 3 heterocycles. The SMILES string of the molecule is CCOc1cc(O[C@@H]2C[C@H]3C(=O)N[C@]4(C(=O)O)C[C@H]4/C=C\CCCCC[C@H](NC(=O)OC4CCCC4)C(=O)N3C2)c2cccc(S(C)(=O)=O)c2n1. The van der Waals surface area contributed by atoms with Crippen LogP contribution in [0.2, 0.25) is 0 Å². The lowest BCUT2D eigenvalue weighted by atomic mass is 10.0. The summed E-state index contributed by atoms with van der Waals surface area (Å²) in [6.45, 7) is 1.96. The van der Waals surface area contributed by atoms with Crippen LogP contribution in [-0.4, -0.2) is 96.5 Å². The molecule has 3 fully saturated rings. The van der Waals surface area contributed by atoms with Crippen molar-refractivity contribution in [3.8, 4) is 11.6 Å². The van der Waals surface area contributed by atoms with Crippen LogP contribution in [0.25, 0.3) is 10.9 Å². The Balaban J connectivity index is 1.32. The number of carboxylic acid groups (broad SMARTS) is 1. The summed E-state index contributed by atoms with van der Waals surface area (Å²) in [6.07, 6.45) is 10.2. The van der Waals surface area contributed by atoms with Crippen LogP contribution in [-0.2, 0) is 29.0 Å². The van der Waals surface area contributed by atoms with E-state index in [4.69, 9.17) is 14.2 Å². The maximum Gasteiger partial charge on any atom is 0.408 e. The van der Waals surface area contributed by atoms with Gasteiger partial charge in [0.05, 0.1) is 23.6 Å². The van der Waals surface area contributed by atoms with E-state index in [2.05, 4.69) is 15.6 Å². The summed E-state index contributed by atoms with van der Waals surface area (Å²) >= 11 is 0. The van der Waals surface area contributed by atoms with Gasteiger partial charge in [0.25, 0.3) is 0 Å². The second-order valence-corrected chi connectivity index (χ2v) is 15.9. The summed E-state index contributed by atoms with van der Waals surface area (Å²) in [7, 11) is -3.68. The van der Waals surface area contributed by atoms with Crippen molar-refractivity contribution in [3.63, 3.8) is 0 Å². The van der Waals surface area contributed by atoms with Gasteiger partial charge in [0, 0.05) is 30.0 Å². The summed E-state index contributed by atoms with van der Waals surface area (Å²) < 4.78 is 43.1. The number of hydrogen-bond acceptors (Lipinski definition) is 10. The molecule has 3 N–H and O–H groups in total. The maximum absolute atomic E-state index is 14.4. The van der Waals surface area contributed by atoms with Gasteiger partial charge in [-0.15, -0.1) is 0 Å². The van der Waals surface area contributed by atoms with E-state index in [0.717, 1.165) is 51.2 Å². The van der Waals surface area contributed by atoms with E-state index in [1.54, 1.807) is 25.1 Å². The van der Waals surface area contributed by atoms with E-state index in [9.17, 15) is 32.7 Å². The van der Waals surface area contributed by atoms with Crippen molar-refractivity contribution in [3.05, 3.63) is 36.4 Å². The quantitative estimate of drug-likeness (QED) is 0.335. The number of amides is 3. The van der Waals surface area contributed by atoms with Crippen LogP contribution in [0.1, 0.15) is 77.6 Å². The van der Waals surface area contributed by atoms with Gasteiger partial charge in [-0.25, -0.2) is 23.0 Å². The highest BCUT2D eigenvalue weighted by atomic mass is 32.2. The number of nitrogens with zero attached hydrogens (tertiary/aromatic N) is 2. The molecule has 3 amide bonds. The zero-order valence-corrected chi connectivity index (χ0v) is 29.8.